The van der Waals surface area contributed by atoms with Gasteiger partial charge in [0.25, 0.3) is 0 Å². The SMILES string of the molecule is Clc1ccc(NC(=C(c2ccccc2)c2ccccc2)n2ccnc2)cc1. The van der Waals surface area contributed by atoms with Gasteiger partial charge in [-0.05, 0) is 35.4 Å². The van der Waals surface area contributed by atoms with Crippen LogP contribution in [0.4, 0.5) is 5.69 Å². The normalized spacial score (nSPS) is 10.4. The second kappa shape index (κ2) is 7.94. The topological polar surface area (TPSA) is 29.9 Å². The molecular formula is C23H18ClN3. The van der Waals surface area contributed by atoms with Gasteiger partial charge < -0.3 is 5.32 Å². The molecule has 0 unspecified atom stereocenters. The van der Waals surface area contributed by atoms with Crippen LogP contribution in [0.2, 0.25) is 5.02 Å². The van der Waals surface area contributed by atoms with E-state index in [-0.39, 0.29) is 0 Å². The molecule has 0 fully saturated rings. The number of imidazole rings is 1. The first-order chi connectivity index (χ1) is 13.3. The lowest BCUT2D eigenvalue weighted by molar-refractivity contribution is 1.08. The van der Waals surface area contributed by atoms with Crippen molar-refractivity contribution in [2.75, 3.05) is 5.32 Å². The molecule has 0 saturated heterocycles. The molecule has 0 spiro atoms. The van der Waals surface area contributed by atoms with Crippen molar-refractivity contribution in [2.45, 2.75) is 0 Å². The van der Waals surface area contributed by atoms with Gasteiger partial charge >= 0.3 is 0 Å². The van der Waals surface area contributed by atoms with E-state index >= 15 is 0 Å². The molecule has 3 aromatic carbocycles. The molecular weight excluding hydrogens is 354 g/mol. The molecule has 4 aromatic rings. The van der Waals surface area contributed by atoms with Crippen LogP contribution < -0.4 is 5.32 Å². The minimum Gasteiger partial charge on any atom is -0.341 e. The van der Waals surface area contributed by atoms with Gasteiger partial charge in [0.1, 0.15) is 12.1 Å². The molecule has 1 aromatic heterocycles. The van der Waals surface area contributed by atoms with Gasteiger partial charge in [-0.1, -0.05) is 72.3 Å². The fourth-order valence-electron chi connectivity index (χ4n) is 2.97. The summed E-state index contributed by atoms with van der Waals surface area (Å²) in [7, 11) is 0. The van der Waals surface area contributed by atoms with E-state index in [1.807, 2.05) is 71.4 Å². The van der Waals surface area contributed by atoms with Crippen molar-refractivity contribution in [1.82, 2.24) is 9.55 Å². The van der Waals surface area contributed by atoms with E-state index < -0.39 is 0 Å². The van der Waals surface area contributed by atoms with E-state index in [9.17, 15) is 0 Å². The molecule has 0 saturated carbocycles. The maximum Gasteiger partial charge on any atom is 0.124 e. The summed E-state index contributed by atoms with van der Waals surface area (Å²) >= 11 is 6.05. The fraction of sp³-hybridized carbons (Fsp3) is 0. The minimum absolute atomic E-state index is 0.708. The van der Waals surface area contributed by atoms with Gasteiger partial charge in [-0.3, -0.25) is 4.57 Å². The molecule has 0 amide bonds. The molecule has 4 heteroatoms. The molecule has 0 aliphatic rings. The van der Waals surface area contributed by atoms with Crippen molar-refractivity contribution < 1.29 is 0 Å². The third-order valence-corrected chi connectivity index (χ3v) is 4.48. The minimum atomic E-state index is 0.708. The maximum atomic E-state index is 6.05. The number of benzene rings is 3. The van der Waals surface area contributed by atoms with Crippen LogP contribution in [0.1, 0.15) is 11.1 Å². The van der Waals surface area contributed by atoms with Crippen LogP contribution in [-0.4, -0.2) is 9.55 Å². The second-order valence-electron chi connectivity index (χ2n) is 6.06. The van der Waals surface area contributed by atoms with Gasteiger partial charge in [0, 0.05) is 28.7 Å². The van der Waals surface area contributed by atoms with Crippen molar-refractivity contribution in [3.8, 4) is 0 Å². The predicted octanol–water partition coefficient (Wildman–Crippen LogP) is 6.02. The van der Waals surface area contributed by atoms with Crippen molar-refractivity contribution in [3.05, 3.63) is 120 Å². The third kappa shape index (κ3) is 3.94. The molecule has 0 radical (unpaired) electrons. The van der Waals surface area contributed by atoms with E-state index in [1.165, 1.54) is 0 Å². The molecule has 4 rings (SSSR count). The highest BCUT2D eigenvalue weighted by Crippen LogP contribution is 2.30. The number of anilines is 1. The summed E-state index contributed by atoms with van der Waals surface area (Å²) in [4.78, 5) is 4.24. The first-order valence-electron chi connectivity index (χ1n) is 8.67. The molecule has 0 aliphatic carbocycles. The van der Waals surface area contributed by atoms with Gasteiger partial charge in [-0.2, -0.15) is 0 Å². The number of nitrogens with one attached hydrogen (secondary N) is 1. The zero-order valence-electron chi connectivity index (χ0n) is 14.6. The average molecular weight is 372 g/mol. The number of aromatic nitrogens is 2. The van der Waals surface area contributed by atoms with Crippen LogP contribution in [0.25, 0.3) is 11.4 Å². The zero-order valence-corrected chi connectivity index (χ0v) is 15.3. The molecule has 0 bridgehead atoms. The highest BCUT2D eigenvalue weighted by atomic mass is 35.5. The fourth-order valence-corrected chi connectivity index (χ4v) is 3.09. The first-order valence-corrected chi connectivity index (χ1v) is 9.05. The molecule has 0 aliphatic heterocycles. The van der Waals surface area contributed by atoms with E-state index in [0.29, 0.717) is 5.02 Å². The lowest BCUT2D eigenvalue weighted by Gasteiger charge is -2.19. The Hall–Kier alpha value is -3.30. The number of nitrogens with zero attached hydrogens (tertiary/aromatic N) is 2. The van der Waals surface area contributed by atoms with Gasteiger partial charge in [0.2, 0.25) is 0 Å². The Bertz CT molecular complexity index is 981. The Morgan fingerprint density at radius 3 is 1.89 bits per heavy atom. The Morgan fingerprint density at radius 1 is 0.778 bits per heavy atom. The lowest BCUT2D eigenvalue weighted by atomic mass is 9.97. The van der Waals surface area contributed by atoms with Crippen molar-refractivity contribution in [2.24, 2.45) is 0 Å². The van der Waals surface area contributed by atoms with E-state index in [2.05, 4.69) is 34.6 Å². The molecule has 27 heavy (non-hydrogen) atoms. The van der Waals surface area contributed by atoms with Crippen LogP contribution in [0, 0.1) is 0 Å². The summed E-state index contributed by atoms with van der Waals surface area (Å²) in [5.74, 6) is 0.923. The molecule has 3 nitrogen and oxygen atoms in total. The van der Waals surface area contributed by atoms with Gasteiger partial charge in [0.15, 0.2) is 0 Å². The van der Waals surface area contributed by atoms with Crippen molar-refractivity contribution in [3.63, 3.8) is 0 Å². The standard InChI is InChI=1S/C23H18ClN3/c24-20-11-13-21(14-12-20)26-23(27-16-15-25-17-27)22(18-7-3-1-4-8-18)19-9-5-2-6-10-19/h1-17,26H. The van der Waals surface area contributed by atoms with Crippen LogP contribution >= 0.6 is 11.6 Å². The second-order valence-corrected chi connectivity index (χ2v) is 6.49. The van der Waals surface area contributed by atoms with Crippen LogP contribution in [0.3, 0.4) is 0 Å². The summed E-state index contributed by atoms with van der Waals surface area (Å²) in [5, 5.41) is 4.26. The van der Waals surface area contributed by atoms with E-state index in [4.69, 9.17) is 11.6 Å². The Balaban J connectivity index is 1.93. The monoisotopic (exact) mass is 371 g/mol. The van der Waals surface area contributed by atoms with Gasteiger partial charge in [0.05, 0.1) is 0 Å². The van der Waals surface area contributed by atoms with Crippen molar-refractivity contribution in [1.29, 1.82) is 0 Å². The van der Waals surface area contributed by atoms with Crippen LogP contribution in [0.5, 0.6) is 0 Å². The summed E-state index contributed by atoms with van der Waals surface area (Å²) in [6.07, 6.45) is 5.51. The number of halogens is 1. The van der Waals surface area contributed by atoms with E-state index in [0.717, 1.165) is 28.2 Å². The first kappa shape index (κ1) is 17.1. The molecule has 1 N–H and O–H groups in total. The molecule has 132 valence electrons. The smallest absolute Gasteiger partial charge is 0.124 e. The third-order valence-electron chi connectivity index (χ3n) is 4.23. The van der Waals surface area contributed by atoms with Gasteiger partial charge in [-0.15, -0.1) is 0 Å². The van der Waals surface area contributed by atoms with Crippen LogP contribution in [0.15, 0.2) is 104 Å². The number of hydrogen-bond acceptors (Lipinski definition) is 2. The van der Waals surface area contributed by atoms with Crippen molar-refractivity contribution >= 4 is 28.7 Å². The van der Waals surface area contributed by atoms with Crippen LogP contribution in [-0.2, 0) is 0 Å². The average Bonchev–Trinajstić information content (AvgIpc) is 3.25. The number of rotatable bonds is 5. The Labute approximate surface area is 163 Å². The number of hydrogen-bond donors (Lipinski definition) is 1. The lowest BCUT2D eigenvalue weighted by Crippen LogP contribution is -2.09. The quantitative estimate of drug-likeness (QED) is 0.464. The Morgan fingerprint density at radius 2 is 1.37 bits per heavy atom. The summed E-state index contributed by atoms with van der Waals surface area (Å²) in [5.41, 5.74) is 4.28. The highest BCUT2D eigenvalue weighted by molar-refractivity contribution is 6.30. The summed E-state index contributed by atoms with van der Waals surface area (Å²) in [6.45, 7) is 0. The zero-order chi connectivity index (χ0) is 18.5. The Kier molecular flexibility index (Phi) is 5.04. The highest BCUT2D eigenvalue weighted by Gasteiger charge is 2.14. The largest absolute Gasteiger partial charge is 0.341 e. The van der Waals surface area contributed by atoms with Gasteiger partial charge in [-0.25, -0.2) is 4.98 Å². The molecule has 1 heterocycles. The van der Waals surface area contributed by atoms with E-state index in [1.54, 1.807) is 12.5 Å². The summed E-state index contributed by atoms with van der Waals surface area (Å²) < 4.78 is 1.99. The summed E-state index contributed by atoms with van der Waals surface area (Å²) in [6, 6.07) is 28.4. The molecule has 0 atom stereocenters. The predicted molar refractivity (Wildman–Crippen MR) is 112 cm³/mol. The maximum absolute atomic E-state index is 6.05.